The molecule has 2 aromatic rings. The van der Waals surface area contributed by atoms with Crippen LogP contribution in [0.4, 0.5) is 16.4 Å². The van der Waals surface area contributed by atoms with E-state index < -0.39 is 5.41 Å². The van der Waals surface area contributed by atoms with Gasteiger partial charge < -0.3 is 20.4 Å². The Bertz CT molecular complexity index is 951. The summed E-state index contributed by atoms with van der Waals surface area (Å²) in [6.45, 7) is 3.20. The number of aromatic nitrogens is 2. The first-order valence-electron chi connectivity index (χ1n) is 11.6. The molecule has 1 aromatic carbocycles. The van der Waals surface area contributed by atoms with E-state index >= 15 is 0 Å². The number of rotatable bonds is 5. The Labute approximate surface area is 188 Å². The van der Waals surface area contributed by atoms with E-state index in [0.29, 0.717) is 38.0 Å². The normalized spacial score (nSPS) is 25.1. The minimum absolute atomic E-state index is 0.0227. The first-order chi connectivity index (χ1) is 15.6. The summed E-state index contributed by atoms with van der Waals surface area (Å²) in [5.41, 5.74) is 0.247. The molecule has 0 unspecified atom stereocenters. The van der Waals surface area contributed by atoms with Crippen LogP contribution in [0.15, 0.2) is 48.8 Å². The second-order valence-electron chi connectivity index (χ2n) is 9.28. The Hall–Kier alpha value is -3.16. The number of hydrogen-bond acceptors (Lipinski definition) is 5. The van der Waals surface area contributed by atoms with Gasteiger partial charge in [-0.15, -0.1) is 0 Å². The molecule has 168 valence electrons. The van der Waals surface area contributed by atoms with Crippen molar-refractivity contribution in [3.05, 3.63) is 48.8 Å². The molecule has 2 saturated heterocycles. The fraction of sp³-hybridized carbons (Fsp3) is 0.500. The standard InChI is InChI=1S/C24H30N6O2/c31-21(27-14-18-8-9-18)24-10-4-13-29(23(32)28-20-6-2-1-3-7-20)15-19(24)16-30(17-24)22-25-11-5-12-26-22/h1-3,5-7,11-12,18-19H,4,8-10,13-17H2,(H,27,31)(H,28,32)/t19-,24-/m0/s1. The average molecular weight is 435 g/mol. The van der Waals surface area contributed by atoms with Gasteiger partial charge in [0, 0.05) is 56.7 Å². The van der Waals surface area contributed by atoms with Gasteiger partial charge in [-0.05, 0) is 49.8 Å². The molecule has 0 spiro atoms. The summed E-state index contributed by atoms with van der Waals surface area (Å²) in [5, 5.41) is 6.24. The lowest BCUT2D eigenvalue weighted by atomic mass is 9.74. The van der Waals surface area contributed by atoms with Crippen molar-refractivity contribution in [2.75, 3.05) is 42.9 Å². The monoisotopic (exact) mass is 434 g/mol. The molecule has 2 atom stereocenters. The number of likely N-dealkylation sites (tertiary alicyclic amines) is 1. The lowest BCUT2D eigenvalue weighted by molar-refractivity contribution is -0.132. The van der Waals surface area contributed by atoms with Gasteiger partial charge in [0.15, 0.2) is 0 Å². The van der Waals surface area contributed by atoms with Crippen molar-refractivity contribution in [1.82, 2.24) is 20.2 Å². The molecule has 5 rings (SSSR count). The van der Waals surface area contributed by atoms with Gasteiger partial charge in [0.2, 0.25) is 11.9 Å². The van der Waals surface area contributed by atoms with E-state index in [1.807, 2.05) is 35.2 Å². The van der Waals surface area contributed by atoms with Crippen LogP contribution >= 0.6 is 0 Å². The SMILES string of the molecule is O=C(Nc1ccccc1)N1CCC[C@]2(C(=O)NCC3CC3)CN(c3ncccn3)C[C@@H]2C1. The molecule has 0 radical (unpaired) electrons. The number of benzene rings is 1. The molecule has 1 saturated carbocycles. The summed E-state index contributed by atoms with van der Waals surface area (Å²) in [5.74, 6) is 1.42. The van der Waals surface area contributed by atoms with Gasteiger partial charge in [0.1, 0.15) is 0 Å². The van der Waals surface area contributed by atoms with Gasteiger partial charge in [-0.1, -0.05) is 18.2 Å². The van der Waals surface area contributed by atoms with E-state index in [1.165, 1.54) is 12.8 Å². The van der Waals surface area contributed by atoms with Crippen molar-refractivity contribution >= 4 is 23.6 Å². The zero-order valence-corrected chi connectivity index (χ0v) is 18.2. The number of carbonyl (C=O) groups excluding carboxylic acids is 2. The van der Waals surface area contributed by atoms with Crippen LogP contribution in [0.1, 0.15) is 25.7 Å². The molecule has 32 heavy (non-hydrogen) atoms. The molecule has 2 aliphatic heterocycles. The number of para-hydroxylation sites is 1. The topological polar surface area (TPSA) is 90.5 Å². The first kappa shape index (κ1) is 20.7. The lowest BCUT2D eigenvalue weighted by Crippen LogP contribution is -2.49. The molecular weight excluding hydrogens is 404 g/mol. The quantitative estimate of drug-likeness (QED) is 0.755. The van der Waals surface area contributed by atoms with E-state index in [1.54, 1.807) is 18.5 Å². The maximum Gasteiger partial charge on any atom is 0.321 e. The summed E-state index contributed by atoms with van der Waals surface area (Å²) >= 11 is 0. The number of hydrogen-bond donors (Lipinski definition) is 2. The third-order valence-electron chi connectivity index (χ3n) is 7.03. The minimum atomic E-state index is -0.532. The van der Waals surface area contributed by atoms with E-state index in [0.717, 1.165) is 25.1 Å². The number of nitrogens with zero attached hydrogens (tertiary/aromatic N) is 4. The van der Waals surface area contributed by atoms with Crippen molar-refractivity contribution in [2.24, 2.45) is 17.3 Å². The van der Waals surface area contributed by atoms with Crippen molar-refractivity contribution in [3.8, 4) is 0 Å². The highest BCUT2D eigenvalue weighted by atomic mass is 16.2. The van der Waals surface area contributed by atoms with Crippen LogP contribution in [0.3, 0.4) is 0 Å². The fourth-order valence-electron chi connectivity index (χ4n) is 5.05. The van der Waals surface area contributed by atoms with Crippen LogP contribution in [0.2, 0.25) is 0 Å². The van der Waals surface area contributed by atoms with Crippen LogP contribution in [-0.2, 0) is 4.79 Å². The van der Waals surface area contributed by atoms with Crippen LogP contribution in [-0.4, -0.2) is 59.5 Å². The maximum absolute atomic E-state index is 13.5. The molecule has 1 aliphatic carbocycles. The van der Waals surface area contributed by atoms with Crippen molar-refractivity contribution in [1.29, 1.82) is 0 Å². The zero-order chi connectivity index (χ0) is 22.0. The summed E-state index contributed by atoms with van der Waals surface area (Å²) in [7, 11) is 0. The van der Waals surface area contributed by atoms with Gasteiger partial charge in [-0.25, -0.2) is 14.8 Å². The molecule has 1 aromatic heterocycles. The smallest absolute Gasteiger partial charge is 0.321 e. The summed E-state index contributed by atoms with van der Waals surface area (Å²) < 4.78 is 0. The number of amides is 3. The highest BCUT2D eigenvalue weighted by Crippen LogP contribution is 2.44. The largest absolute Gasteiger partial charge is 0.355 e. The molecule has 3 amide bonds. The molecule has 8 nitrogen and oxygen atoms in total. The first-order valence-corrected chi connectivity index (χ1v) is 11.6. The third-order valence-corrected chi connectivity index (χ3v) is 7.03. The maximum atomic E-state index is 13.5. The Morgan fingerprint density at radius 2 is 1.84 bits per heavy atom. The van der Waals surface area contributed by atoms with Gasteiger partial charge in [0.25, 0.3) is 0 Å². The van der Waals surface area contributed by atoms with Gasteiger partial charge in [-0.3, -0.25) is 4.79 Å². The van der Waals surface area contributed by atoms with Crippen LogP contribution in [0.5, 0.6) is 0 Å². The highest BCUT2D eigenvalue weighted by Gasteiger charge is 2.54. The van der Waals surface area contributed by atoms with Gasteiger partial charge >= 0.3 is 6.03 Å². The summed E-state index contributed by atoms with van der Waals surface area (Å²) in [6, 6.07) is 11.2. The molecule has 2 N–H and O–H groups in total. The zero-order valence-electron chi connectivity index (χ0n) is 18.2. The number of urea groups is 1. The second-order valence-corrected chi connectivity index (χ2v) is 9.28. The van der Waals surface area contributed by atoms with Gasteiger partial charge in [0.05, 0.1) is 5.41 Å². The molecule has 3 aliphatic rings. The van der Waals surface area contributed by atoms with E-state index in [4.69, 9.17) is 0 Å². The van der Waals surface area contributed by atoms with E-state index in [9.17, 15) is 9.59 Å². The highest BCUT2D eigenvalue weighted by molar-refractivity contribution is 5.90. The Balaban J connectivity index is 1.36. The summed E-state index contributed by atoms with van der Waals surface area (Å²) in [6.07, 6.45) is 7.42. The van der Waals surface area contributed by atoms with Crippen LogP contribution in [0.25, 0.3) is 0 Å². The van der Waals surface area contributed by atoms with E-state index in [-0.39, 0.29) is 17.9 Å². The van der Waals surface area contributed by atoms with Crippen LogP contribution in [0, 0.1) is 17.3 Å². The third kappa shape index (κ3) is 4.26. The minimum Gasteiger partial charge on any atom is -0.355 e. The molecule has 8 heteroatoms. The Morgan fingerprint density at radius 3 is 2.59 bits per heavy atom. The molecule has 0 bridgehead atoms. The van der Waals surface area contributed by atoms with E-state index in [2.05, 4.69) is 25.5 Å². The average Bonchev–Trinajstić information content (AvgIpc) is 3.61. The predicted molar refractivity (Wildman–Crippen MR) is 122 cm³/mol. The lowest BCUT2D eigenvalue weighted by Gasteiger charge is -2.32. The van der Waals surface area contributed by atoms with Gasteiger partial charge in [-0.2, -0.15) is 0 Å². The number of carbonyl (C=O) groups is 2. The number of nitrogens with one attached hydrogen (secondary N) is 2. The molecular formula is C24H30N6O2. The number of anilines is 2. The summed E-state index contributed by atoms with van der Waals surface area (Å²) in [4.78, 5) is 39.4. The predicted octanol–water partition coefficient (Wildman–Crippen LogP) is 2.75. The number of fused-ring (bicyclic) bond motifs is 1. The second kappa shape index (κ2) is 8.76. The fourth-order valence-corrected chi connectivity index (χ4v) is 5.05. The molecule has 3 fully saturated rings. The Kier molecular flexibility index (Phi) is 5.68. The molecule has 3 heterocycles. The van der Waals surface area contributed by atoms with Crippen LogP contribution < -0.4 is 15.5 Å². The Morgan fingerprint density at radius 1 is 1.06 bits per heavy atom. The van der Waals surface area contributed by atoms with Crippen molar-refractivity contribution in [3.63, 3.8) is 0 Å². The van der Waals surface area contributed by atoms with Crippen molar-refractivity contribution in [2.45, 2.75) is 25.7 Å². The van der Waals surface area contributed by atoms with Crippen molar-refractivity contribution < 1.29 is 9.59 Å².